The van der Waals surface area contributed by atoms with Crippen LogP contribution in [0.1, 0.15) is 21.6 Å². The average molecular weight is 322 g/mol. The second-order valence-electron chi connectivity index (χ2n) is 5.60. The van der Waals surface area contributed by atoms with E-state index in [9.17, 15) is 9.90 Å². The van der Waals surface area contributed by atoms with Gasteiger partial charge in [-0.2, -0.15) is 0 Å². The third-order valence-electron chi connectivity index (χ3n) is 3.91. The number of rotatable bonds is 4. The molecule has 0 atom stereocenters. The zero-order valence-electron chi connectivity index (χ0n) is 13.8. The third kappa shape index (κ3) is 2.76. The van der Waals surface area contributed by atoms with Gasteiger partial charge in [0.25, 0.3) is 0 Å². The smallest absolute Gasteiger partial charge is 0.337 e. The number of pyridine rings is 1. The van der Waals surface area contributed by atoms with E-state index in [1.165, 1.54) is 0 Å². The number of hydrogen-bond donors (Lipinski definition) is 2. The summed E-state index contributed by atoms with van der Waals surface area (Å²) in [5, 5.41) is 13.5. The minimum absolute atomic E-state index is 0.223. The molecule has 122 valence electrons. The van der Waals surface area contributed by atoms with Crippen LogP contribution in [0.3, 0.4) is 0 Å². The molecule has 0 aliphatic carbocycles. The largest absolute Gasteiger partial charge is 0.494 e. The zero-order valence-corrected chi connectivity index (χ0v) is 13.8. The number of anilines is 2. The van der Waals surface area contributed by atoms with Gasteiger partial charge in [0.2, 0.25) is 0 Å². The topological polar surface area (TPSA) is 71.5 Å². The molecule has 0 radical (unpaired) electrons. The van der Waals surface area contributed by atoms with E-state index in [0.29, 0.717) is 11.4 Å². The van der Waals surface area contributed by atoms with Crippen molar-refractivity contribution < 1.29 is 14.6 Å². The molecule has 2 N–H and O–H groups in total. The minimum atomic E-state index is -0.970. The van der Waals surface area contributed by atoms with Crippen molar-refractivity contribution in [2.75, 3.05) is 12.4 Å². The Hall–Kier alpha value is -3.08. The van der Waals surface area contributed by atoms with Gasteiger partial charge in [-0.1, -0.05) is 18.2 Å². The van der Waals surface area contributed by atoms with E-state index >= 15 is 0 Å². The number of carboxylic acids is 1. The fraction of sp³-hybridized carbons (Fsp3) is 0.158. The molecular formula is C19H18N2O3. The number of carboxylic acid groups (broad SMARTS) is 1. The summed E-state index contributed by atoms with van der Waals surface area (Å²) in [7, 11) is 1.61. The Morgan fingerprint density at radius 1 is 1.12 bits per heavy atom. The molecule has 0 saturated heterocycles. The van der Waals surface area contributed by atoms with Crippen molar-refractivity contribution in [3.05, 3.63) is 59.3 Å². The lowest BCUT2D eigenvalue weighted by atomic mass is 10.1. The van der Waals surface area contributed by atoms with E-state index in [0.717, 1.165) is 27.8 Å². The van der Waals surface area contributed by atoms with Crippen LogP contribution in [0.5, 0.6) is 5.75 Å². The van der Waals surface area contributed by atoms with E-state index in [1.54, 1.807) is 31.4 Å². The second kappa shape index (κ2) is 6.20. The van der Waals surface area contributed by atoms with Gasteiger partial charge in [0.15, 0.2) is 0 Å². The quantitative estimate of drug-likeness (QED) is 0.749. The van der Waals surface area contributed by atoms with E-state index in [4.69, 9.17) is 4.74 Å². The number of nitrogens with one attached hydrogen (secondary N) is 1. The molecule has 2 aromatic carbocycles. The van der Waals surface area contributed by atoms with E-state index in [-0.39, 0.29) is 5.56 Å². The first kappa shape index (κ1) is 15.8. The molecule has 24 heavy (non-hydrogen) atoms. The Morgan fingerprint density at radius 2 is 1.88 bits per heavy atom. The monoisotopic (exact) mass is 322 g/mol. The van der Waals surface area contributed by atoms with Gasteiger partial charge < -0.3 is 15.2 Å². The number of carbonyl (C=O) groups is 1. The van der Waals surface area contributed by atoms with Crippen LogP contribution in [0, 0.1) is 13.8 Å². The van der Waals surface area contributed by atoms with Crippen LogP contribution in [0.2, 0.25) is 0 Å². The summed E-state index contributed by atoms with van der Waals surface area (Å²) in [4.78, 5) is 16.0. The van der Waals surface area contributed by atoms with Crippen molar-refractivity contribution in [2.24, 2.45) is 0 Å². The maximum Gasteiger partial charge on any atom is 0.337 e. The first-order chi connectivity index (χ1) is 11.5. The van der Waals surface area contributed by atoms with Gasteiger partial charge in [0.1, 0.15) is 11.3 Å². The highest BCUT2D eigenvalue weighted by Gasteiger charge is 2.14. The fourth-order valence-electron chi connectivity index (χ4n) is 2.80. The summed E-state index contributed by atoms with van der Waals surface area (Å²) in [6.07, 6.45) is 0. The molecule has 0 bridgehead atoms. The van der Waals surface area contributed by atoms with Crippen molar-refractivity contribution in [1.29, 1.82) is 0 Å². The van der Waals surface area contributed by atoms with Gasteiger partial charge in [-0.3, -0.25) is 0 Å². The van der Waals surface area contributed by atoms with Crippen molar-refractivity contribution >= 4 is 28.2 Å². The molecule has 0 aliphatic heterocycles. The van der Waals surface area contributed by atoms with Crippen molar-refractivity contribution in [2.45, 2.75) is 13.8 Å². The number of methoxy groups -OCH3 is 1. The summed E-state index contributed by atoms with van der Waals surface area (Å²) >= 11 is 0. The summed E-state index contributed by atoms with van der Waals surface area (Å²) < 4.78 is 5.42. The van der Waals surface area contributed by atoms with Gasteiger partial charge in [-0.25, -0.2) is 9.78 Å². The van der Waals surface area contributed by atoms with Crippen LogP contribution in [0.25, 0.3) is 10.9 Å². The first-order valence-corrected chi connectivity index (χ1v) is 7.55. The van der Waals surface area contributed by atoms with Crippen LogP contribution in [-0.4, -0.2) is 23.2 Å². The standard InChI is InChI=1S/C19H18N2O3/c1-11-8-9-16(24-3)18-17(11)15(10-12(2)20-18)21-14-7-5-4-6-13(14)19(22)23/h4-10H,1-3H3,(H,20,21)(H,22,23). The highest BCUT2D eigenvalue weighted by Crippen LogP contribution is 2.34. The fourth-order valence-corrected chi connectivity index (χ4v) is 2.80. The highest BCUT2D eigenvalue weighted by molar-refractivity contribution is 6.01. The summed E-state index contributed by atoms with van der Waals surface area (Å²) in [6, 6.07) is 12.6. The predicted octanol–water partition coefficient (Wildman–Crippen LogP) is 4.30. The molecule has 0 saturated carbocycles. The molecule has 5 nitrogen and oxygen atoms in total. The number of aryl methyl sites for hydroxylation is 2. The molecule has 0 amide bonds. The second-order valence-corrected chi connectivity index (χ2v) is 5.60. The summed E-state index contributed by atoms with van der Waals surface area (Å²) in [5.74, 6) is -0.281. The number of benzene rings is 2. The molecule has 3 rings (SSSR count). The SMILES string of the molecule is COc1ccc(C)c2c(Nc3ccccc3C(=O)O)cc(C)nc12. The summed E-state index contributed by atoms with van der Waals surface area (Å²) in [6.45, 7) is 3.89. The lowest BCUT2D eigenvalue weighted by Gasteiger charge is -2.15. The zero-order chi connectivity index (χ0) is 17.3. The summed E-state index contributed by atoms with van der Waals surface area (Å²) in [5.41, 5.74) is 4.19. The van der Waals surface area contributed by atoms with Gasteiger partial charge in [-0.15, -0.1) is 0 Å². The molecule has 1 aromatic heterocycles. The predicted molar refractivity (Wildman–Crippen MR) is 94.5 cm³/mol. The number of para-hydroxylation sites is 1. The van der Waals surface area contributed by atoms with Gasteiger partial charge in [0.05, 0.1) is 24.0 Å². The normalized spacial score (nSPS) is 10.6. The Morgan fingerprint density at radius 3 is 2.58 bits per heavy atom. The van der Waals surface area contributed by atoms with Crippen LogP contribution in [-0.2, 0) is 0 Å². The van der Waals surface area contributed by atoms with Crippen LogP contribution in [0.15, 0.2) is 42.5 Å². The number of nitrogens with zero attached hydrogens (tertiary/aromatic N) is 1. The molecule has 0 unspecified atom stereocenters. The maximum absolute atomic E-state index is 11.4. The Labute approximate surface area is 139 Å². The molecule has 5 heteroatoms. The van der Waals surface area contributed by atoms with Gasteiger partial charge in [0, 0.05) is 11.1 Å². The minimum Gasteiger partial charge on any atom is -0.494 e. The van der Waals surface area contributed by atoms with E-state index in [1.807, 2.05) is 32.0 Å². The number of fused-ring (bicyclic) bond motifs is 1. The Kier molecular flexibility index (Phi) is 4.08. The molecule has 1 heterocycles. The van der Waals surface area contributed by atoms with Crippen LogP contribution < -0.4 is 10.1 Å². The van der Waals surface area contributed by atoms with Gasteiger partial charge in [-0.05, 0) is 43.7 Å². The van der Waals surface area contributed by atoms with Crippen molar-refractivity contribution in [1.82, 2.24) is 4.98 Å². The van der Waals surface area contributed by atoms with Crippen LogP contribution >= 0.6 is 0 Å². The number of hydrogen-bond acceptors (Lipinski definition) is 4. The third-order valence-corrected chi connectivity index (χ3v) is 3.91. The Balaban J connectivity index is 2.22. The molecule has 0 spiro atoms. The molecule has 0 fully saturated rings. The van der Waals surface area contributed by atoms with E-state index in [2.05, 4.69) is 10.3 Å². The molecule has 3 aromatic rings. The first-order valence-electron chi connectivity index (χ1n) is 7.55. The molecular weight excluding hydrogens is 304 g/mol. The maximum atomic E-state index is 11.4. The van der Waals surface area contributed by atoms with Crippen molar-refractivity contribution in [3.8, 4) is 5.75 Å². The Bertz CT molecular complexity index is 935. The van der Waals surface area contributed by atoms with E-state index < -0.39 is 5.97 Å². The lowest BCUT2D eigenvalue weighted by Crippen LogP contribution is -2.04. The van der Waals surface area contributed by atoms with Crippen LogP contribution in [0.4, 0.5) is 11.4 Å². The molecule has 0 aliphatic rings. The average Bonchev–Trinajstić information content (AvgIpc) is 2.55. The van der Waals surface area contributed by atoms with Crippen molar-refractivity contribution in [3.63, 3.8) is 0 Å². The number of aromatic nitrogens is 1. The van der Waals surface area contributed by atoms with Gasteiger partial charge >= 0.3 is 5.97 Å². The number of ether oxygens (including phenoxy) is 1. The highest BCUT2D eigenvalue weighted by atomic mass is 16.5. The number of aromatic carboxylic acids is 1. The lowest BCUT2D eigenvalue weighted by molar-refractivity contribution is 0.0698.